The van der Waals surface area contributed by atoms with Gasteiger partial charge < -0.3 is 10.1 Å². The Kier molecular flexibility index (Phi) is 5.85. The topological polar surface area (TPSA) is 21.3 Å². The highest BCUT2D eigenvalue weighted by atomic mass is 79.9. The molecule has 0 aromatic heterocycles. The van der Waals surface area contributed by atoms with Gasteiger partial charge >= 0.3 is 0 Å². The number of rotatable bonds is 5. The van der Waals surface area contributed by atoms with Crippen molar-refractivity contribution in [3.63, 3.8) is 0 Å². The summed E-state index contributed by atoms with van der Waals surface area (Å²) in [4.78, 5) is 0. The number of ether oxygens (including phenoxy) is 1. The first-order valence-corrected chi connectivity index (χ1v) is 8.48. The first kappa shape index (κ1) is 16.5. The molecule has 0 aliphatic rings. The van der Waals surface area contributed by atoms with E-state index in [1.807, 2.05) is 12.1 Å². The maximum absolute atomic E-state index is 5.27. The summed E-state index contributed by atoms with van der Waals surface area (Å²) in [7, 11) is 1.68. The molecule has 1 atom stereocenters. The zero-order valence-electron chi connectivity index (χ0n) is 12.4. The molecule has 0 fully saturated rings. The molecule has 1 N–H and O–H groups in total. The zero-order chi connectivity index (χ0) is 15.4. The zero-order valence-corrected chi connectivity index (χ0v) is 15.6. The molecule has 4 heteroatoms. The van der Waals surface area contributed by atoms with Gasteiger partial charge in [-0.25, -0.2) is 0 Å². The Hall–Kier alpha value is -0.840. The Morgan fingerprint density at radius 2 is 1.86 bits per heavy atom. The fourth-order valence-corrected chi connectivity index (χ4v) is 3.25. The lowest BCUT2D eigenvalue weighted by Crippen LogP contribution is -2.22. The first-order valence-electron chi connectivity index (χ1n) is 6.89. The molecule has 112 valence electrons. The molecule has 0 radical (unpaired) electrons. The molecular weight excluding hydrogens is 394 g/mol. The van der Waals surface area contributed by atoms with E-state index in [0.717, 1.165) is 21.2 Å². The van der Waals surface area contributed by atoms with Crippen molar-refractivity contribution in [2.24, 2.45) is 0 Å². The van der Waals surface area contributed by atoms with Gasteiger partial charge in [0.25, 0.3) is 0 Å². The Morgan fingerprint density at radius 1 is 1.10 bits per heavy atom. The van der Waals surface area contributed by atoms with Gasteiger partial charge in [0.2, 0.25) is 0 Å². The molecule has 2 rings (SSSR count). The van der Waals surface area contributed by atoms with Crippen molar-refractivity contribution >= 4 is 31.9 Å². The van der Waals surface area contributed by atoms with Gasteiger partial charge in [-0.1, -0.05) is 57.0 Å². The highest BCUT2D eigenvalue weighted by Gasteiger charge is 2.17. The van der Waals surface area contributed by atoms with E-state index in [0.29, 0.717) is 0 Å². The number of aryl methyl sites for hydroxylation is 1. The van der Waals surface area contributed by atoms with Crippen LogP contribution >= 0.6 is 31.9 Å². The van der Waals surface area contributed by atoms with E-state index in [1.54, 1.807) is 7.11 Å². The second-order valence-corrected chi connectivity index (χ2v) is 6.60. The molecule has 0 bridgehead atoms. The molecule has 21 heavy (non-hydrogen) atoms. The summed E-state index contributed by atoms with van der Waals surface area (Å²) in [6.07, 6.45) is 0. The minimum absolute atomic E-state index is 0.146. The molecule has 1 unspecified atom stereocenters. The number of hydrogen-bond acceptors (Lipinski definition) is 2. The number of hydrogen-bond donors (Lipinski definition) is 1. The maximum Gasteiger partial charge on any atom is 0.120 e. The Labute approximate surface area is 143 Å². The van der Waals surface area contributed by atoms with Crippen LogP contribution in [0.5, 0.6) is 5.75 Å². The van der Waals surface area contributed by atoms with Crippen molar-refractivity contribution in [2.75, 3.05) is 13.7 Å². The van der Waals surface area contributed by atoms with Crippen LogP contribution in [-0.4, -0.2) is 13.7 Å². The second-order valence-electron chi connectivity index (χ2n) is 4.89. The van der Waals surface area contributed by atoms with Gasteiger partial charge in [-0.3, -0.25) is 0 Å². The standard InChI is InChI=1S/C17H19Br2NO/c1-4-20-17(12-6-5-11(2)15(18)9-12)14-8-7-13(21-3)10-16(14)19/h5-10,17,20H,4H2,1-3H3. The molecule has 0 spiro atoms. The fourth-order valence-electron chi connectivity index (χ4n) is 2.27. The first-order chi connectivity index (χ1) is 10.1. The van der Waals surface area contributed by atoms with Gasteiger partial charge in [0.05, 0.1) is 13.2 Å². The molecule has 2 nitrogen and oxygen atoms in total. The summed E-state index contributed by atoms with van der Waals surface area (Å²) in [5.74, 6) is 0.853. The third kappa shape index (κ3) is 3.87. The van der Waals surface area contributed by atoms with E-state index in [2.05, 4.69) is 75.3 Å². The lowest BCUT2D eigenvalue weighted by molar-refractivity contribution is 0.414. The predicted molar refractivity (Wildman–Crippen MR) is 95.1 cm³/mol. The van der Waals surface area contributed by atoms with Crippen LogP contribution in [0.4, 0.5) is 0 Å². The van der Waals surface area contributed by atoms with Crippen LogP contribution in [0.25, 0.3) is 0 Å². The average molecular weight is 413 g/mol. The van der Waals surface area contributed by atoms with Crippen LogP contribution in [0, 0.1) is 6.92 Å². The largest absolute Gasteiger partial charge is 0.497 e. The van der Waals surface area contributed by atoms with Gasteiger partial charge in [0, 0.05) is 8.95 Å². The Balaban J connectivity index is 2.45. The fraction of sp³-hybridized carbons (Fsp3) is 0.294. The minimum Gasteiger partial charge on any atom is -0.497 e. The van der Waals surface area contributed by atoms with Crippen molar-refractivity contribution < 1.29 is 4.74 Å². The Morgan fingerprint density at radius 3 is 2.43 bits per heavy atom. The lowest BCUT2D eigenvalue weighted by atomic mass is 9.97. The van der Waals surface area contributed by atoms with Crippen LogP contribution in [-0.2, 0) is 0 Å². The van der Waals surface area contributed by atoms with E-state index in [-0.39, 0.29) is 6.04 Å². The molecule has 2 aromatic rings. The molecular formula is C17H19Br2NO. The van der Waals surface area contributed by atoms with Crippen LogP contribution in [0.15, 0.2) is 45.3 Å². The SMILES string of the molecule is CCNC(c1ccc(C)c(Br)c1)c1ccc(OC)cc1Br. The second kappa shape index (κ2) is 7.43. The van der Waals surface area contributed by atoms with E-state index >= 15 is 0 Å². The molecule has 0 saturated heterocycles. The van der Waals surface area contributed by atoms with Crippen LogP contribution in [0.1, 0.15) is 29.7 Å². The van der Waals surface area contributed by atoms with E-state index in [1.165, 1.54) is 16.7 Å². The maximum atomic E-state index is 5.27. The third-order valence-corrected chi connectivity index (χ3v) is 5.00. The van der Waals surface area contributed by atoms with Gasteiger partial charge in [0.1, 0.15) is 5.75 Å². The van der Waals surface area contributed by atoms with Gasteiger partial charge in [-0.2, -0.15) is 0 Å². The normalized spacial score (nSPS) is 12.2. The van der Waals surface area contributed by atoms with Crippen molar-refractivity contribution in [1.82, 2.24) is 5.32 Å². The highest BCUT2D eigenvalue weighted by molar-refractivity contribution is 9.10. The number of nitrogens with one attached hydrogen (secondary N) is 1. The molecule has 0 aliphatic carbocycles. The summed E-state index contributed by atoms with van der Waals surface area (Å²) < 4.78 is 7.45. The molecule has 0 aliphatic heterocycles. The summed E-state index contributed by atoms with van der Waals surface area (Å²) >= 11 is 7.28. The van der Waals surface area contributed by atoms with E-state index < -0.39 is 0 Å². The molecule has 0 saturated carbocycles. The molecule has 0 heterocycles. The lowest BCUT2D eigenvalue weighted by Gasteiger charge is -2.21. The summed E-state index contributed by atoms with van der Waals surface area (Å²) in [6, 6.07) is 12.7. The minimum atomic E-state index is 0.146. The summed E-state index contributed by atoms with van der Waals surface area (Å²) in [5.41, 5.74) is 3.68. The van der Waals surface area contributed by atoms with Gasteiger partial charge in [0.15, 0.2) is 0 Å². The van der Waals surface area contributed by atoms with Crippen LogP contribution in [0.2, 0.25) is 0 Å². The average Bonchev–Trinajstić information content (AvgIpc) is 2.48. The van der Waals surface area contributed by atoms with Crippen LogP contribution < -0.4 is 10.1 Å². The number of benzene rings is 2. The number of halogens is 2. The summed E-state index contributed by atoms with van der Waals surface area (Å²) in [5, 5.41) is 3.55. The van der Waals surface area contributed by atoms with Crippen molar-refractivity contribution in [2.45, 2.75) is 19.9 Å². The smallest absolute Gasteiger partial charge is 0.120 e. The summed E-state index contributed by atoms with van der Waals surface area (Å²) in [6.45, 7) is 5.11. The molecule has 2 aromatic carbocycles. The molecule has 0 amide bonds. The van der Waals surface area contributed by atoms with E-state index in [9.17, 15) is 0 Å². The van der Waals surface area contributed by atoms with Crippen molar-refractivity contribution in [3.05, 3.63) is 62.0 Å². The predicted octanol–water partition coefficient (Wildman–Crippen LogP) is 5.23. The third-order valence-electron chi connectivity index (χ3n) is 3.46. The van der Waals surface area contributed by atoms with Crippen molar-refractivity contribution in [3.8, 4) is 5.75 Å². The van der Waals surface area contributed by atoms with E-state index in [4.69, 9.17) is 4.74 Å². The van der Waals surface area contributed by atoms with Crippen molar-refractivity contribution in [1.29, 1.82) is 0 Å². The van der Waals surface area contributed by atoms with Gasteiger partial charge in [-0.05, 0) is 48.4 Å². The van der Waals surface area contributed by atoms with Gasteiger partial charge in [-0.15, -0.1) is 0 Å². The Bertz CT molecular complexity index is 628. The van der Waals surface area contributed by atoms with Crippen LogP contribution in [0.3, 0.4) is 0 Å². The number of methoxy groups -OCH3 is 1. The quantitative estimate of drug-likeness (QED) is 0.725. The monoisotopic (exact) mass is 411 g/mol. The highest BCUT2D eigenvalue weighted by Crippen LogP contribution is 2.33.